The Hall–Kier alpha value is -2.69. The number of carboxylic acid groups (broad SMARTS) is 1. The maximum atomic E-state index is 10.9. The molecule has 0 saturated heterocycles. The fourth-order valence-electron chi connectivity index (χ4n) is 2.44. The molecule has 0 radical (unpaired) electrons. The fourth-order valence-corrected chi connectivity index (χ4v) is 2.44. The van der Waals surface area contributed by atoms with E-state index in [9.17, 15) is 4.79 Å². The number of benzene rings is 1. The highest BCUT2D eigenvalue weighted by atomic mass is 16.4. The van der Waals surface area contributed by atoms with Crippen molar-refractivity contribution < 1.29 is 9.90 Å². The second-order valence-corrected chi connectivity index (χ2v) is 5.15. The summed E-state index contributed by atoms with van der Waals surface area (Å²) < 4.78 is 2.13. The van der Waals surface area contributed by atoms with E-state index in [1.54, 1.807) is 36.7 Å². The molecule has 0 bridgehead atoms. The molecule has 5 nitrogen and oxygen atoms in total. The zero-order chi connectivity index (χ0) is 15.0. The lowest BCUT2D eigenvalue weighted by molar-refractivity contribution is 0.0697. The summed E-state index contributed by atoms with van der Waals surface area (Å²) in [6, 6.07) is 8.96. The minimum absolute atomic E-state index is 0.242. The van der Waals surface area contributed by atoms with Crippen LogP contribution in [0, 0.1) is 0 Å². The number of aromatic nitrogens is 3. The van der Waals surface area contributed by atoms with Crippen LogP contribution in [0.2, 0.25) is 0 Å². The molecule has 106 valence electrons. The molecular weight excluding hydrogens is 266 g/mol. The van der Waals surface area contributed by atoms with Crippen LogP contribution in [0.15, 0.2) is 42.7 Å². The van der Waals surface area contributed by atoms with E-state index in [0.29, 0.717) is 0 Å². The van der Waals surface area contributed by atoms with Crippen molar-refractivity contribution in [2.24, 2.45) is 0 Å². The molecule has 1 aromatic carbocycles. The van der Waals surface area contributed by atoms with E-state index >= 15 is 0 Å². The second kappa shape index (κ2) is 5.01. The summed E-state index contributed by atoms with van der Waals surface area (Å²) in [5, 5.41) is 8.97. The average molecular weight is 281 g/mol. The van der Waals surface area contributed by atoms with Gasteiger partial charge in [0.1, 0.15) is 11.3 Å². The van der Waals surface area contributed by atoms with Gasteiger partial charge in [0.05, 0.1) is 17.3 Å². The molecule has 0 aliphatic carbocycles. The van der Waals surface area contributed by atoms with E-state index in [0.717, 1.165) is 22.4 Å². The van der Waals surface area contributed by atoms with Crippen molar-refractivity contribution in [2.45, 2.75) is 19.9 Å². The van der Waals surface area contributed by atoms with E-state index in [2.05, 4.69) is 28.4 Å². The Morgan fingerprint density at radius 1 is 1.19 bits per heavy atom. The molecule has 0 spiro atoms. The molecule has 1 N–H and O–H groups in total. The summed E-state index contributed by atoms with van der Waals surface area (Å²) in [5.41, 5.74) is 3.03. The Bertz CT molecular complexity index is 804. The number of hydrogen-bond acceptors (Lipinski definition) is 3. The van der Waals surface area contributed by atoms with Gasteiger partial charge >= 0.3 is 5.97 Å². The average Bonchev–Trinajstić information content (AvgIpc) is 2.86. The summed E-state index contributed by atoms with van der Waals surface area (Å²) in [5.74, 6) is -0.104. The molecule has 2 heterocycles. The Morgan fingerprint density at radius 2 is 1.90 bits per heavy atom. The van der Waals surface area contributed by atoms with Gasteiger partial charge < -0.3 is 9.67 Å². The van der Waals surface area contributed by atoms with Crippen molar-refractivity contribution in [3.63, 3.8) is 0 Å². The van der Waals surface area contributed by atoms with Crippen LogP contribution in [0.5, 0.6) is 0 Å². The molecule has 0 atom stereocenters. The van der Waals surface area contributed by atoms with Crippen molar-refractivity contribution in [1.29, 1.82) is 0 Å². The van der Waals surface area contributed by atoms with Gasteiger partial charge in [0.15, 0.2) is 0 Å². The van der Waals surface area contributed by atoms with Gasteiger partial charge in [-0.1, -0.05) is 12.1 Å². The molecule has 0 fully saturated rings. The predicted molar refractivity (Wildman–Crippen MR) is 80.3 cm³/mol. The molecule has 2 aromatic heterocycles. The van der Waals surface area contributed by atoms with Crippen LogP contribution in [-0.2, 0) is 0 Å². The summed E-state index contributed by atoms with van der Waals surface area (Å²) in [6.45, 7) is 4.19. The van der Waals surface area contributed by atoms with E-state index < -0.39 is 5.97 Å². The van der Waals surface area contributed by atoms with Crippen LogP contribution < -0.4 is 0 Å². The van der Waals surface area contributed by atoms with Crippen LogP contribution in [-0.4, -0.2) is 25.6 Å². The van der Waals surface area contributed by atoms with E-state index in [-0.39, 0.29) is 11.6 Å². The third-order valence-electron chi connectivity index (χ3n) is 3.40. The lowest BCUT2D eigenvalue weighted by Crippen LogP contribution is -2.03. The highest BCUT2D eigenvalue weighted by Gasteiger charge is 2.15. The summed E-state index contributed by atoms with van der Waals surface area (Å²) in [4.78, 5) is 19.7. The maximum Gasteiger partial charge on any atom is 0.335 e. The molecular formula is C16H15N3O2. The molecule has 0 aliphatic rings. The number of imidazole rings is 1. The normalized spacial score (nSPS) is 11.2. The number of carbonyl (C=O) groups is 1. The number of nitrogens with zero attached hydrogens (tertiary/aromatic N) is 3. The topological polar surface area (TPSA) is 68.0 Å². The lowest BCUT2D eigenvalue weighted by Gasteiger charge is -2.13. The van der Waals surface area contributed by atoms with Crippen LogP contribution in [0.25, 0.3) is 22.4 Å². The third kappa shape index (κ3) is 2.27. The molecule has 5 heteroatoms. The maximum absolute atomic E-state index is 10.9. The van der Waals surface area contributed by atoms with Gasteiger partial charge in [0.2, 0.25) is 0 Å². The summed E-state index contributed by atoms with van der Waals surface area (Å²) in [7, 11) is 0. The number of carboxylic acids is 1. The monoisotopic (exact) mass is 281 g/mol. The zero-order valence-electron chi connectivity index (χ0n) is 11.8. The van der Waals surface area contributed by atoms with Gasteiger partial charge in [-0.2, -0.15) is 0 Å². The first kappa shape index (κ1) is 13.3. The minimum atomic E-state index is -0.928. The number of rotatable bonds is 3. The van der Waals surface area contributed by atoms with Crippen molar-refractivity contribution in [3.05, 3.63) is 48.3 Å². The van der Waals surface area contributed by atoms with Crippen molar-refractivity contribution in [2.75, 3.05) is 0 Å². The summed E-state index contributed by atoms with van der Waals surface area (Å²) in [6.07, 6.45) is 3.49. The lowest BCUT2D eigenvalue weighted by atomic mass is 10.1. The van der Waals surface area contributed by atoms with E-state index in [1.807, 2.05) is 6.07 Å². The van der Waals surface area contributed by atoms with Crippen molar-refractivity contribution >= 4 is 17.0 Å². The van der Waals surface area contributed by atoms with Gasteiger partial charge in [-0.3, -0.25) is 4.98 Å². The second-order valence-electron chi connectivity index (χ2n) is 5.15. The highest BCUT2D eigenvalue weighted by molar-refractivity contribution is 5.88. The molecule has 3 rings (SSSR count). The Kier molecular flexibility index (Phi) is 3.17. The first-order chi connectivity index (χ1) is 10.1. The van der Waals surface area contributed by atoms with Gasteiger partial charge in [0, 0.05) is 17.8 Å². The quantitative estimate of drug-likeness (QED) is 0.799. The Labute approximate surface area is 121 Å². The molecule has 0 amide bonds. The molecule has 21 heavy (non-hydrogen) atoms. The first-order valence-electron chi connectivity index (χ1n) is 6.73. The standard InChI is InChI=1S/C16H15N3O2/c1-10(2)19-14-7-8-17-9-13(14)18-15(19)11-3-5-12(6-4-11)16(20)21/h3-10H,1-2H3,(H,20,21). The van der Waals surface area contributed by atoms with Gasteiger partial charge in [-0.15, -0.1) is 0 Å². The zero-order valence-corrected chi connectivity index (χ0v) is 11.8. The summed E-state index contributed by atoms with van der Waals surface area (Å²) >= 11 is 0. The minimum Gasteiger partial charge on any atom is -0.478 e. The van der Waals surface area contributed by atoms with E-state index in [4.69, 9.17) is 5.11 Å². The molecule has 0 unspecified atom stereocenters. The van der Waals surface area contributed by atoms with Crippen molar-refractivity contribution in [1.82, 2.24) is 14.5 Å². The van der Waals surface area contributed by atoms with Crippen LogP contribution in [0.1, 0.15) is 30.2 Å². The van der Waals surface area contributed by atoms with Crippen LogP contribution >= 0.6 is 0 Å². The molecule has 3 aromatic rings. The Morgan fingerprint density at radius 3 is 2.52 bits per heavy atom. The predicted octanol–water partition coefficient (Wildman–Crippen LogP) is 3.38. The fraction of sp³-hybridized carbons (Fsp3) is 0.188. The van der Waals surface area contributed by atoms with Crippen LogP contribution in [0.4, 0.5) is 0 Å². The van der Waals surface area contributed by atoms with E-state index in [1.165, 1.54) is 0 Å². The molecule has 0 saturated carbocycles. The smallest absolute Gasteiger partial charge is 0.335 e. The number of aromatic carboxylic acids is 1. The number of pyridine rings is 1. The Balaban J connectivity index is 2.19. The highest BCUT2D eigenvalue weighted by Crippen LogP contribution is 2.28. The van der Waals surface area contributed by atoms with Gasteiger partial charge in [-0.25, -0.2) is 9.78 Å². The number of hydrogen-bond donors (Lipinski definition) is 1. The largest absolute Gasteiger partial charge is 0.478 e. The van der Waals surface area contributed by atoms with Gasteiger partial charge in [0.25, 0.3) is 0 Å². The number of fused-ring (bicyclic) bond motifs is 1. The molecule has 0 aliphatic heterocycles. The van der Waals surface area contributed by atoms with Crippen molar-refractivity contribution in [3.8, 4) is 11.4 Å². The third-order valence-corrected chi connectivity index (χ3v) is 3.40. The first-order valence-corrected chi connectivity index (χ1v) is 6.73. The van der Waals surface area contributed by atoms with Crippen LogP contribution in [0.3, 0.4) is 0 Å². The van der Waals surface area contributed by atoms with Gasteiger partial charge in [-0.05, 0) is 32.0 Å². The SMILES string of the molecule is CC(C)n1c(-c2ccc(C(=O)O)cc2)nc2cnccc21.